The fourth-order valence-electron chi connectivity index (χ4n) is 1.70. The fraction of sp³-hybridized carbons (Fsp3) is 0.133. The van der Waals surface area contributed by atoms with E-state index in [9.17, 15) is 4.79 Å². The van der Waals surface area contributed by atoms with Gasteiger partial charge in [0.2, 0.25) is 0 Å². The maximum Gasteiger partial charge on any atom is 0.255 e. The molecular weight excluding hydrogens is 240 g/mol. The maximum absolute atomic E-state index is 12.1. The van der Waals surface area contributed by atoms with Gasteiger partial charge in [0.15, 0.2) is 0 Å². The minimum atomic E-state index is -0.175. The molecule has 0 heterocycles. The Bertz CT molecular complexity index is 568. The van der Waals surface area contributed by atoms with Crippen LogP contribution in [-0.2, 0) is 0 Å². The lowest BCUT2D eigenvalue weighted by Gasteiger charge is -2.12. The topological polar surface area (TPSA) is 64.3 Å². The summed E-state index contributed by atoms with van der Waals surface area (Å²) in [5.74, 6) is 0.401. The maximum atomic E-state index is 12.1. The van der Waals surface area contributed by atoms with E-state index < -0.39 is 0 Å². The van der Waals surface area contributed by atoms with E-state index in [4.69, 9.17) is 10.5 Å². The third-order valence-electron chi connectivity index (χ3n) is 2.59. The van der Waals surface area contributed by atoms with Gasteiger partial charge in [-0.15, -0.1) is 0 Å². The van der Waals surface area contributed by atoms with Crippen molar-refractivity contribution < 1.29 is 9.53 Å². The van der Waals surface area contributed by atoms with Crippen LogP contribution >= 0.6 is 0 Å². The first-order valence-electron chi connectivity index (χ1n) is 6.09. The number of amides is 1. The molecule has 0 fully saturated rings. The van der Waals surface area contributed by atoms with Gasteiger partial charge in [-0.3, -0.25) is 4.79 Å². The second-order valence-electron chi connectivity index (χ2n) is 4.01. The normalized spacial score (nSPS) is 9.95. The number of carbonyl (C=O) groups is 1. The predicted octanol–water partition coefficient (Wildman–Crippen LogP) is 2.92. The molecule has 0 aliphatic carbocycles. The smallest absolute Gasteiger partial charge is 0.255 e. The molecular formula is C15H16N2O2. The van der Waals surface area contributed by atoms with E-state index in [1.165, 1.54) is 0 Å². The van der Waals surface area contributed by atoms with Gasteiger partial charge in [-0.25, -0.2) is 0 Å². The summed E-state index contributed by atoms with van der Waals surface area (Å²) in [7, 11) is 0. The number of nitrogens with two attached hydrogens (primary N) is 1. The van der Waals surface area contributed by atoms with Crippen LogP contribution in [0.5, 0.6) is 5.75 Å². The van der Waals surface area contributed by atoms with Crippen LogP contribution < -0.4 is 15.8 Å². The Morgan fingerprint density at radius 3 is 2.63 bits per heavy atom. The van der Waals surface area contributed by atoms with Crippen LogP contribution in [-0.4, -0.2) is 12.5 Å². The number of nitrogen functional groups attached to an aromatic ring is 1. The van der Waals surface area contributed by atoms with Crippen LogP contribution in [0.2, 0.25) is 0 Å². The third kappa shape index (κ3) is 3.25. The lowest BCUT2D eigenvalue weighted by molar-refractivity contribution is 0.102. The van der Waals surface area contributed by atoms with Crippen molar-refractivity contribution in [1.82, 2.24) is 0 Å². The van der Waals surface area contributed by atoms with Crippen molar-refractivity contribution >= 4 is 17.3 Å². The molecule has 2 aromatic rings. The minimum absolute atomic E-state index is 0.175. The van der Waals surface area contributed by atoms with Crippen LogP contribution in [0.15, 0.2) is 48.5 Å². The largest absolute Gasteiger partial charge is 0.492 e. The highest BCUT2D eigenvalue weighted by atomic mass is 16.5. The van der Waals surface area contributed by atoms with Gasteiger partial charge in [-0.05, 0) is 31.2 Å². The van der Waals surface area contributed by atoms with E-state index in [0.717, 1.165) is 0 Å². The third-order valence-corrected chi connectivity index (χ3v) is 2.59. The van der Waals surface area contributed by atoms with Crippen molar-refractivity contribution in [3.05, 3.63) is 54.1 Å². The number of hydrogen-bond donors (Lipinski definition) is 2. The summed E-state index contributed by atoms with van der Waals surface area (Å²) < 4.78 is 5.46. The van der Waals surface area contributed by atoms with Crippen LogP contribution in [0.1, 0.15) is 17.3 Å². The van der Waals surface area contributed by atoms with Gasteiger partial charge >= 0.3 is 0 Å². The fourth-order valence-corrected chi connectivity index (χ4v) is 1.70. The van der Waals surface area contributed by atoms with E-state index >= 15 is 0 Å². The molecule has 98 valence electrons. The Labute approximate surface area is 112 Å². The number of rotatable bonds is 4. The summed E-state index contributed by atoms with van der Waals surface area (Å²) in [6.45, 7) is 2.39. The van der Waals surface area contributed by atoms with Crippen molar-refractivity contribution in [3.8, 4) is 5.75 Å². The molecule has 0 saturated carbocycles. The number of nitrogens with one attached hydrogen (secondary N) is 1. The monoisotopic (exact) mass is 256 g/mol. The highest BCUT2D eigenvalue weighted by Crippen LogP contribution is 2.27. The molecule has 2 rings (SSSR count). The Morgan fingerprint density at radius 2 is 1.95 bits per heavy atom. The first kappa shape index (κ1) is 13.0. The summed E-state index contributed by atoms with van der Waals surface area (Å²) in [6, 6.07) is 14.2. The van der Waals surface area contributed by atoms with Crippen molar-refractivity contribution in [2.45, 2.75) is 6.92 Å². The first-order valence-corrected chi connectivity index (χ1v) is 6.09. The van der Waals surface area contributed by atoms with E-state index in [-0.39, 0.29) is 5.91 Å². The lowest BCUT2D eigenvalue weighted by atomic mass is 10.2. The van der Waals surface area contributed by atoms with Gasteiger partial charge in [0.1, 0.15) is 5.75 Å². The van der Waals surface area contributed by atoms with Gasteiger partial charge in [-0.1, -0.05) is 18.2 Å². The molecule has 0 aliphatic rings. The SMILES string of the molecule is CCOc1cc(N)ccc1NC(=O)c1ccccc1. The van der Waals surface area contributed by atoms with Crippen molar-refractivity contribution in [2.75, 3.05) is 17.7 Å². The van der Waals surface area contributed by atoms with E-state index in [1.807, 2.05) is 25.1 Å². The quantitative estimate of drug-likeness (QED) is 0.827. The molecule has 0 aromatic heterocycles. The molecule has 0 radical (unpaired) electrons. The molecule has 19 heavy (non-hydrogen) atoms. The van der Waals surface area contributed by atoms with Crippen LogP contribution in [0, 0.1) is 0 Å². The minimum Gasteiger partial charge on any atom is -0.492 e. The summed E-state index contributed by atoms with van der Waals surface area (Å²) >= 11 is 0. The number of anilines is 2. The van der Waals surface area contributed by atoms with E-state index in [2.05, 4.69) is 5.32 Å². The Balaban J connectivity index is 2.21. The van der Waals surface area contributed by atoms with Gasteiger partial charge < -0.3 is 15.8 Å². The van der Waals surface area contributed by atoms with E-state index in [1.54, 1.807) is 30.3 Å². The highest BCUT2D eigenvalue weighted by molar-refractivity contribution is 6.05. The molecule has 2 aromatic carbocycles. The number of ether oxygens (including phenoxy) is 1. The van der Waals surface area contributed by atoms with E-state index in [0.29, 0.717) is 29.3 Å². The van der Waals surface area contributed by atoms with Crippen molar-refractivity contribution in [1.29, 1.82) is 0 Å². The second kappa shape index (κ2) is 5.91. The number of benzene rings is 2. The van der Waals surface area contributed by atoms with Crippen molar-refractivity contribution in [3.63, 3.8) is 0 Å². The van der Waals surface area contributed by atoms with Crippen LogP contribution in [0.3, 0.4) is 0 Å². The Kier molecular flexibility index (Phi) is 4.03. The zero-order valence-electron chi connectivity index (χ0n) is 10.7. The van der Waals surface area contributed by atoms with Gasteiger partial charge in [-0.2, -0.15) is 0 Å². The van der Waals surface area contributed by atoms with Crippen molar-refractivity contribution in [2.24, 2.45) is 0 Å². The van der Waals surface area contributed by atoms with Gasteiger partial charge in [0.05, 0.1) is 12.3 Å². The molecule has 0 bridgehead atoms. The molecule has 0 unspecified atom stereocenters. The molecule has 4 nitrogen and oxygen atoms in total. The predicted molar refractivity (Wildman–Crippen MR) is 76.4 cm³/mol. The van der Waals surface area contributed by atoms with Gasteiger partial charge in [0.25, 0.3) is 5.91 Å². The zero-order valence-corrected chi connectivity index (χ0v) is 10.7. The summed E-state index contributed by atoms with van der Waals surface area (Å²) in [6.07, 6.45) is 0. The number of hydrogen-bond acceptors (Lipinski definition) is 3. The van der Waals surface area contributed by atoms with Crippen LogP contribution in [0.25, 0.3) is 0 Å². The second-order valence-corrected chi connectivity index (χ2v) is 4.01. The molecule has 0 atom stereocenters. The Morgan fingerprint density at radius 1 is 1.21 bits per heavy atom. The molecule has 0 spiro atoms. The summed E-state index contributed by atoms with van der Waals surface area (Å²) in [4.78, 5) is 12.1. The number of carbonyl (C=O) groups excluding carboxylic acids is 1. The van der Waals surface area contributed by atoms with Crippen LogP contribution in [0.4, 0.5) is 11.4 Å². The standard InChI is InChI=1S/C15H16N2O2/c1-2-19-14-10-12(16)8-9-13(14)17-15(18)11-6-4-3-5-7-11/h3-10H,2,16H2,1H3,(H,17,18). The zero-order chi connectivity index (χ0) is 13.7. The highest BCUT2D eigenvalue weighted by Gasteiger charge is 2.09. The molecule has 4 heteroatoms. The molecule has 0 saturated heterocycles. The Hall–Kier alpha value is -2.49. The summed E-state index contributed by atoms with van der Waals surface area (Å²) in [5, 5.41) is 2.82. The average Bonchev–Trinajstić information content (AvgIpc) is 2.43. The lowest BCUT2D eigenvalue weighted by Crippen LogP contribution is -2.13. The molecule has 1 amide bonds. The molecule has 0 aliphatic heterocycles. The molecule has 3 N–H and O–H groups in total. The average molecular weight is 256 g/mol. The summed E-state index contributed by atoms with van der Waals surface area (Å²) in [5.41, 5.74) is 7.52. The first-order chi connectivity index (χ1) is 9.20. The van der Waals surface area contributed by atoms with Gasteiger partial charge in [0, 0.05) is 17.3 Å².